The molecular formula is C10H7BrF3NO3. The van der Waals surface area contributed by atoms with Crippen molar-refractivity contribution in [3.63, 3.8) is 0 Å². The molecule has 0 spiro atoms. The third-order valence-electron chi connectivity index (χ3n) is 2.18. The summed E-state index contributed by atoms with van der Waals surface area (Å²) >= 11 is 2.81. The van der Waals surface area contributed by atoms with Gasteiger partial charge in [-0.1, -0.05) is 22.0 Å². The Morgan fingerprint density at radius 1 is 1.39 bits per heavy atom. The van der Waals surface area contributed by atoms with Gasteiger partial charge < -0.3 is 0 Å². The molecule has 0 unspecified atom stereocenters. The number of nitro groups is 1. The molecule has 0 aliphatic carbocycles. The normalized spacial score (nSPS) is 11.3. The van der Waals surface area contributed by atoms with E-state index in [1.807, 2.05) is 0 Å². The quantitative estimate of drug-likeness (QED) is 0.485. The van der Waals surface area contributed by atoms with Crippen LogP contribution in [0.15, 0.2) is 18.2 Å². The Bertz CT molecular complexity index is 488. The molecule has 0 saturated carbocycles. The molecule has 1 aromatic rings. The van der Waals surface area contributed by atoms with E-state index in [0.29, 0.717) is 0 Å². The minimum Gasteiger partial charge on any atom is -0.298 e. The van der Waals surface area contributed by atoms with Crippen LogP contribution in [0.2, 0.25) is 0 Å². The summed E-state index contributed by atoms with van der Waals surface area (Å²) in [4.78, 5) is 21.0. The number of nitrogens with zero attached hydrogens (tertiary/aromatic N) is 1. The number of alkyl halides is 4. The third kappa shape index (κ3) is 3.28. The Labute approximate surface area is 108 Å². The van der Waals surface area contributed by atoms with Gasteiger partial charge >= 0.3 is 6.18 Å². The Morgan fingerprint density at radius 2 is 2.00 bits per heavy atom. The van der Waals surface area contributed by atoms with Gasteiger partial charge in [-0.3, -0.25) is 14.9 Å². The zero-order chi connectivity index (χ0) is 13.9. The van der Waals surface area contributed by atoms with E-state index < -0.39 is 40.1 Å². The SMILES string of the molecule is O=C(CBr)Cc1c([N+](=O)[O-])cccc1C(F)(F)F. The van der Waals surface area contributed by atoms with Crippen molar-refractivity contribution in [1.29, 1.82) is 0 Å². The van der Waals surface area contributed by atoms with Gasteiger partial charge in [0, 0.05) is 18.1 Å². The number of hydrogen-bond donors (Lipinski definition) is 0. The molecule has 18 heavy (non-hydrogen) atoms. The number of benzene rings is 1. The predicted molar refractivity (Wildman–Crippen MR) is 60.6 cm³/mol. The highest BCUT2D eigenvalue weighted by Crippen LogP contribution is 2.36. The molecule has 0 amide bonds. The number of carbonyl (C=O) groups is 1. The minimum atomic E-state index is -4.73. The lowest BCUT2D eigenvalue weighted by Crippen LogP contribution is -2.15. The lowest BCUT2D eigenvalue weighted by atomic mass is 10.00. The van der Waals surface area contributed by atoms with E-state index in [0.717, 1.165) is 18.2 Å². The molecule has 0 atom stereocenters. The summed E-state index contributed by atoms with van der Waals surface area (Å²) in [5.74, 6) is -0.560. The topological polar surface area (TPSA) is 60.2 Å². The van der Waals surface area contributed by atoms with Gasteiger partial charge in [-0.2, -0.15) is 13.2 Å². The molecule has 0 aliphatic heterocycles. The van der Waals surface area contributed by atoms with Gasteiger partial charge in [-0.15, -0.1) is 0 Å². The fourth-order valence-electron chi connectivity index (χ4n) is 1.44. The summed E-state index contributed by atoms with van der Waals surface area (Å²) < 4.78 is 38.1. The van der Waals surface area contributed by atoms with Gasteiger partial charge in [0.05, 0.1) is 15.8 Å². The van der Waals surface area contributed by atoms with E-state index in [-0.39, 0.29) is 5.33 Å². The molecule has 98 valence electrons. The number of nitro benzene ring substituents is 1. The van der Waals surface area contributed by atoms with Crippen LogP contribution in [0.1, 0.15) is 11.1 Å². The fourth-order valence-corrected chi connectivity index (χ4v) is 1.64. The molecule has 0 aromatic heterocycles. The van der Waals surface area contributed by atoms with Crippen molar-refractivity contribution in [3.05, 3.63) is 39.4 Å². The maximum Gasteiger partial charge on any atom is 0.416 e. The average molecular weight is 326 g/mol. The molecule has 0 bridgehead atoms. The van der Waals surface area contributed by atoms with Gasteiger partial charge in [-0.25, -0.2) is 0 Å². The second-order valence-electron chi connectivity index (χ2n) is 3.41. The number of hydrogen-bond acceptors (Lipinski definition) is 3. The highest BCUT2D eigenvalue weighted by atomic mass is 79.9. The first-order valence-electron chi connectivity index (χ1n) is 4.68. The molecule has 8 heteroatoms. The summed E-state index contributed by atoms with van der Waals surface area (Å²) in [5.41, 5.74) is -2.44. The third-order valence-corrected chi connectivity index (χ3v) is 2.80. The number of rotatable bonds is 4. The Morgan fingerprint density at radius 3 is 2.44 bits per heavy atom. The molecule has 0 fully saturated rings. The van der Waals surface area contributed by atoms with E-state index in [1.165, 1.54) is 0 Å². The van der Waals surface area contributed by atoms with Crippen LogP contribution in [0, 0.1) is 10.1 Å². The van der Waals surface area contributed by atoms with Crippen LogP contribution in [0.5, 0.6) is 0 Å². The summed E-state index contributed by atoms with van der Waals surface area (Å²) in [6.45, 7) is 0. The molecule has 1 rings (SSSR count). The number of carbonyl (C=O) groups excluding carboxylic acids is 1. The van der Waals surface area contributed by atoms with Crippen LogP contribution < -0.4 is 0 Å². The minimum absolute atomic E-state index is 0.156. The van der Waals surface area contributed by atoms with Crippen molar-refractivity contribution in [3.8, 4) is 0 Å². The zero-order valence-corrected chi connectivity index (χ0v) is 10.4. The molecule has 0 radical (unpaired) electrons. The smallest absolute Gasteiger partial charge is 0.298 e. The Hall–Kier alpha value is -1.44. The average Bonchev–Trinajstić information content (AvgIpc) is 2.27. The van der Waals surface area contributed by atoms with Crippen LogP contribution in [0.3, 0.4) is 0 Å². The van der Waals surface area contributed by atoms with Gasteiger partial charge in [0.15, 0.2) is 0 Å². The van der Waals surface area contributed by atoms with Crippen molar-refractivity contribution in [2.45, 2.75) is 12.6 Å². The van der Waals surface area contributed by atoms with Crippen molar-refractivity contribution in [2.24, 2.45) is 0 Å². The van der Waals surface area contributed by atoms with E-state index >= 15 is 0 Å². The van der Waals surface area contributed by atoms with Crippen molar-refractivity contribution >= 4 is 27.4 Å². The van der Waals surface area contributed by atoms with Crippen molar-refractivity contribution in [2.75, 3.05) is 5.33 Å². The maximum atomic E-state index is 12.7. The summed E-state index contributed by atoms with van der Waals surface area (Å²) in [7, 11) is 0. The first-order chi connectivity index (χ1) is 8.27. The second-order valence-corrected chi connectivity index (χ2v) is 3.97. The standard InChI is InChI=1S/C10H7BrF3NO3/c11-5-6(16)4-7-8(10(12,13)14)2-1-3-9(7)15(17)18/h1-3H,4-5H2. The van der Waals surface area contributed by atoms with Gasteiger partial charge in [-0.05, 0) is 6.07 Å². The zero-order valence-electron chi connectivity index (χ0n) is 8.83. The lowest BCUT2D eigenvalue weighted by molar-refractivity contribution is -0.385. The van der Waals surface area contributed by atoms with Gasteiger partial charge in [0.1, 0.15) is 5.78 Å². The van der Waals surface area contributed by atoms with Crippen molar-refractivity contribution in [1.82, 2.24) is 0 Å². The Kier molecular flexibility index (Phi) is 4.44. The van der Waals surface area contributed by atoms with E-state index in [9.17, 15) is 28.1 Å². The van der Waals surface area contributed by atoms with Crippen molar-refractivity contribution < 1.29 is 22.9 Å². The summed E-state index contributed by atoms with van der Waals surface area (Å²) in [5, 5.41) is 10.5. The van der Waals surface area contributed by atoms with Crippen LogP contribution in [-0.2, 0) is 17.4 Å². The van der Waals surface area contributed by atoms with Crippen LogP contribution in [0.4, 0.5) is 18.9 Å². The monoisotopic (exact) mass is 325 g/mol. The molecule has 0 saturated heterocycles. The first-order valence-corrected chi connectivity index (χ1v) is 5.80. The Balaban J connectivity index is 3.39. The van der Waals surface area contributed by atoms with E-state index in [2.05, 4.69) is 15.9 Å². The van der Waals surface area contributed by atoms with Crippen LogP contribution in [-0.4, -0.2) is 16.0 Å². The lowest BCUT2D eigenvalue weighted by Gasteiger charge is -2.12. The largest absolute Gasteiger partial charge is 0.416 e. The second kappa shape index (κ2) is 5.47. The molecule has 0 heterocycles. The number of Topliss-reactive ketones (excluding diaryl/α,β-unsaturated/α-hetero) is 1. The first kappa shape index (κ1) is 14.6. The maximum absolute atomic E-state index is 12.7. The van der Waals surface area contributed by atoms with Gasteiger partial charge in [0.2, 0.25) is 0 Å². The number of halogens is 4. The molecular weight excluding hydrogens is 319 g/mol. The van der Waals surface area contributed by atoms with Crippen LogP contribution in [0.25, 0.3) is 0 Å². The predicted octanol–water partition coefficient (Wildman–Crippen LogP) is 3.12. The highest BCUT2D eigenvalue weighted by molar-refractivity contribution is 9.09. The molecule has 0 N–H and O–H groups in total. The van der Waals surface area contributed by atoms with E-state index in [4.69, 9.17) is 0 Å². The molecule has 0 aliphatic rings. The molecule has 1 aromatic carbocycles. The fraction of sp³-hybridized carbons (Fsp3) is 0.300. The number of ketones is 1. The highest BCUT2D eigenvalue weighted by Gasteiger charge is 2.36. The van der Waals surface area contributed by atoms with Gasteiger partial charge in [0.25, 0.3) is 5.69 Å². The van der Waals surface area contributed by atoms with Crippen LogP contribution >= 0.6 is 15.9 Å². The molecule has 4 nitrogen and oxygen atoms in total. The summed E-state index contributed by atoms with van der Waals surface area (Å²) in [6.07, 6.45) is -5.36. The summed E-state index contributed by atoms with van der Waals surface area (Å²) in [6, 6.07) is 2.62. The van der Waals surface area contributed by atoms with E-state index in [1.54, 1.807) is 0 Å².